The first-order valence-electron chi connectivity index (χ1n) is 5.57. The van der Waals surface area contributed by atoms with E-state index in [1.807, 2.05) is 0 Å². The summed E-state index contributed by atoms with van der Waals surface area (Å²) in [4.78, 5) is 13.7. The predicted octanol–water partition coefficient (Wildman–Crippen LogP) is 2.29. The third kappa shape index (κ3) is 14.2. The molecule has 2 N–H and O–H groups in total. The smallest absolute Gasteiger partial charge is 0.168 e. The first-order valence-corrected chi connectivity index (χ1v) is 5.57. The first kappa shape index (κ1) is 29.3. The number of rotatable bonds is 2. The van der Waals surface area contributed by atoms with E-state index in [0.717, 1.165) is 19.3 Å². The fourth-order valence-electron chi connectivity index (χ4n) is 1.53. The largest absolute Gasteiger partial charge is 0.395 e. The number of pyridine rings is 1. The summed E-state index contributed by atoms with van der Waals surface area (Å²) in [5, 5.41) is 11.8. The monoisotopic (exact) mass is 334 g/mol. The Hall–Kier alpha value is 1.26. The number of piperidine rings is 1. The number of nitrogens with one attached hydrogen (secondary N) is 1. The Labute approximate surface area is 183 Å². The van der Waals surface area contributed by atoms with Crippen LogP contribution in [0.3, 0.4) is 0 Å². The Kier molecular flexibility index (Phi) is 29.7. The molecular formula is C14H26Ar2N2O2. The Morgan fingerprint density at radius 3 is 2.30 bits per heavy atom. The molecule has 1 aromatic heterocycles. The average molecular weight is 334 g/mol. The maximum absolute atomic E-state index is 9.94. The number of aliphatic hydroxyl groups excluding tert-OH is 1. The van der Waals surface area contributed by atoms with E-state index in [4.69, 9.17) is 5.11 Å². The maximum Gasteiger partial charge on any atom is 0.168 e. The van der Waals surface area contributed by atoms with E-state index >= 15 is 0 Å². The van der Waals surface area contributed by atoms with Crippen LogP contribution in [0.15, 0.2) is 24.4 Å². The van der Waals surface area contributed by atoms with Crippen molar-refractivity contribution in [1.29, 1.82) is 0 Å². The molecule has 1 atom stereocenters. The zero-order valence-electron chi connectivity index (χ0n) is 10.0. The molecule has 120 valence electrons. The zero-order valence-corrected chi connectivity index (χ0v) is 11.4. The second-order valence-corrected chi connectivity index (χ2v) is 3.70. The minimum absolute atomic E-state index is 0. The van der Waals surface area contributed by atoms with Crippen molar-refractivity contribution in [2.75, 3.05) is 13.2 Å². The molecule has 0 spiro atoms. The van der Waals surface area contributed by atoms with Crippen LogP contribution in [0.1, 0.15) is 44.6 Å². The molecule has 1 aromatic rings. The Balaban J connectivity index is -0.000000107. The fourth-order valence-corrected chi connectivity index (χ4v) is 1.53. The Morgan fingerprint density at radius 2 is 2.00 bits per heavy atom. The van der Waals surface area contributed by atoms with Crippen LogP contribution in [0.25, 0.3) is 0 Å². The number of carbonyl (C=O) groups is 1. The van der Waals surface area contributed by atoms with E-state index in [1.54, 1.807) is 24.4 Å². The van der Waals surface area contributed by atoms with Gasteiger partial charge in [-0.05, 0) is 31.5 Å². The summed E-state index contributed by atoms with van der Waals surface area (Å²) in [5.74, 6) is 0. The SMILES string of the molecule is C.C.O=Cc1ccccn1.OCC1CCCCN1.[Ar].[Ar]. The van der Waals surface area contributed by atoms with Crippen molar-refractivity contribution in [3.8, 4) is 0 Å². The van der Waals surface area contributed by atoms with Crippen LogP contribution in [-0.4, -0.2) is 35.6 Å². The molecule has 0 bridgehead atoms. The minimum Gasteiger partial charge on any atom is -0.395 e. The summed E-state index contributed by atoms with van der Waals surface area (Å²) in [6.45, 7) is 1.39. The second-order valence-electron chi connectivity index (χ2n) is 3.70. The van der Waals surface area contributed by atoms with Crippen molar-refractivity contribution in [2.45, 2.75) is 40.2 Å². The van der Waals surface area contributed by atoms with Gasteiger partial charge in [0.1, 0.15) is 5.69 Å². The van der Waals surface area contributed by atoms with Crippen LogP contribution in [0.4, 0.5) is 0 Å². The van der Waals surface area contributed by atoms with Crippen LogP contribution in [-0.2, 0) is 0 Å². The number of carbonyl (C=O) groups excluding carboxylic acids is 1. The number of aldehydes is 1. The number of nitrogens with zero attached hydrogens (tertiary/aromatic N) is 1. The molecule has 1 fully saturated rings. The van der Waals surface area contributed by atoms with Gasteiger partial charge in [-0.3, -0.25) is 9.78 Å². The van der Waals surface area contributed by atoms with Crippen molar-refractivity contribution < 1.29 is 85.4 Å². The quantitative estimate of drug-likeness (QED) is 0.815. The summed E-state index contributed by atoms with van der Waals surface area (Å²) in [6, 6.07) is 5.60. The van der Waals surface area contributed by atoms with Gasteiger partial charge in [-0.25, -0.2) is 0 Å². The Morgan fingerprint density at radius 1 is 1.30 bits per heavy atom. The standard InChI is InChI=1S/C6H13NO.C6H5NO.2CH4.2Ar/c2*8-5-6-3-1-2-4-7-6;;;;/h6-8H,1-5H2;1-5H;2*1H4;;. The second kappa shape index (κ2) is 20.3. The molecule has 1 unspecified atom stereocenters. The van der Waals surface area contributed by atoms with Gasteiger partial charge >= 0.3 is 0 Å². The molecule has 1 aliphatic rings. The molecular weight excluding hydrogens is 308 g/mol. The van der Waals surface area contributed by atoms with E-state index in [1.165, 1.54) is 12.8 Å². The number of hydrogen-bond donors (Lipinski definition) is 2. The zero-order chi connectivity index (χ0) is 11.6. The van der Waals surface area contributed by atoms with Crippen molar-refractivity contribution >= 4 is 6.29 Å². The molecule has 0 saturated carbocycles. The summed E-state index contributed by atoms with van der Waals surface area (Å²) in [6.07, 6.45) is 6.01. The van der Waals surface area contributed by atoms with Crippen LogP contribution >= 0.6 is 0 Å². The molecule has 2 rings (SSSR count). The van der Waals surface area contributed by atoms with Gasteiger partial charge in [-0.15, -0.1) is 0 Å². The topological polar surface area (TPSA) is 62.2 Å². The molecule has 0 aliphatic carbocycles. The number of aromatic nitrogens is 1. The van der Waals surface area contributed by atoms with Gasteiger partial charge in [0.25, 0.3) is 0 Å². The van der Waals surface area contributed by atoms with E-state index in [0.29, 0.717) is 18.3 Å². The molecule has 0 aromatic carbocycles. The molecule has 1 saturated heterocycles. The van der Waals surface area contributed by atoms with Crippen molar-refractivity contribution in [2.24, 2.45) is 0 Å². The van der Waals surface area contributed by atoms with Crippen LogP contribution in [0.5, 0.6) is 0 Å². The van der Waals surface area contributed by atoms with E-state index in [2.05, 4.69) is 10.3 Å². The van der Waals surface area contributed by atoms with Gasteiger partial charge in [0, 0.05) is 87.7 Å². The molecule has 2 heterocycles. The summed E-state index contributed by atoms with van der Waals surface area (Å²) < 4.78 is 0. The molecule has 6 heteroatoms. The number of hydrogen-bond acceptors (Lipinski definition) is 4. The molecule has 0 radical (unpaired) electrons. The fraction of sp³-hybridized carbons (Fsp3) is 0.571. The summed E-state index contributed by atoms with van der Waals surface area (Å²) >= 11 is 0. The molecule has 1 aliphatic heterocycles. The van der Waals surface area contributed by atoms with Crippen molar-refractivity contribution in [1.82, 2.24) is 10.3 Å². The van der Waals surface area contributed by atoms with Crippen LogP contribution in [0, 0.1) is 75.5 Å². The van der Waals surface area contributed by atoms with E-state index in [9.17, 15) is 4.79 Å². The van der Waals surface area contributed by atoms with Gasteiger partial charge < -0.3 is 10.4 Å². The van der Waals surface area contributed by atoms with Gasteiger partial charge in [-0.1, -0.05) is 27.3 Å². The molecule has 4 nitrogen and oxygen atoms in total. The van der Waals surface area contributed by atoms with Gasteiger partial charge in [0.05, 0.1) is 6.61 Å². The van der Waals surface area contributed by atoms with Gasteiger partial charge in [0.2, 0.25) is 0 Å². The third-order valence-electron chi connectivity index (χ3n) is 2.44. The Bertz CT molecular complexity index is 294. The third-order valence-corrected chi connectivity index (χ3v) is 2.44. The summed E-state index contributed by atoms with van der Waals surface area (Å²) in [7, 11) is 0. The normalized spacial score (nSPS) is 15.6. The average Bonchev–Trinajstić information content (AvgIpc) is 2.41. The van der Waals surface area contributed by atoms with Crippen LogP contribution in [0.2, 0.25) is 0 Å². The van der Waals surface area contributed by atoms with E-state index in [-0.39, 0.29) is 90.3 Å². The number of aliphatic hydroxyl groups is 1. The van der Waals surface area contributed by atoms with Crippen molar-refractivity contribution in [3.63, 3.8) is 0 Å². The molecule has 0 amide bonds. The first-order chi connectivity index (χ1) is 7.86. The molecule has 20 heavy (non-hydrogen) atoms. The van der Waals surface area contributed by atoms with Crippen LogP contribution < -0.4 is 5.32 Å². The van der Waals surface area contributed by atoms with Gasteiger partial charge in [0.15, 0.2) is 6.29 Å². The minimum atomic E-state index is 0. The predicted molar refractivity (Wildman–Crippen MR) is 75.8 cm³/mol. The summed E-state index contributed by atoms with van der Waals surface area (Å²) in [5.41, 5.74) is 0.479. The van der Waals surface area contributed by atoms with E-state index < -0.39 is 0 Å². The van der Waals surface area contributed by atoms with Crippen molar-refractivity contribution in [3.05, 3.63) is 30.1 Å². The maximum atomic E-state index is 9.94. The van der Waals surface area contributed by atoms with Gasteiger partial charge in [-0.2, -0.15) is 0 Å².